The van der Waals surface area contributed by atoms with Crippen molar-refractivity contribution in [1.82, 2.24) is 0 Å². The van der Waals surface area contributed by atoms with Crippen molar-refractivity contribution in [2.45, 2.75) is 182 Å². The predicted octanol–water partition coefficient (Wildman–Crippen LogP) is 12.4. The van der Waals surface area contributed by atoms with Crippen molar-refractivity contribution in [3.8, 4) is 0 Å². The van der Waals surface area contributed by atoms with Crippen LogP contribution < -0.4 is 0 Å². The summed E-state index contributed by atoms with van der Waals surface area (Å²) in [6.07, 6.45) is 42.1. The molecule has 0 N–H and O–H groups in total. The summed E-state index contributed by atoms with van der Waals surface area (Å²) < 4.78 is 0. The molecule has 0 aliphatic heterocycles. The van der Waals surface area contributed by atoms with Crippen molar-refractivity contribution in [3.63, 3.8) is 0 Å². The highest BCUT2D eigenvalue weighted by Crippen LogP contribution is 2.61. The molecule has 0 aromatic carbocycles. The van der Waals surface area contributed by atoms with Crippen molar-refractivity contribution >= 4 is 7.26 Å². The smallest absolute Gasteiger partial charge is 0.0359 e. The summed E-state index contributed by atoms with van der Waals surface area (Å²) in [7, 11) is -0.718. The van der Waals surface area contributed by atoms with Gasteiger partial charge in [-0.15, -0.1) is 7.26 Å². The molecule has 0 fully saturated rings. The standard InChI is InChI=1S/C32H68P/c1-5-9-13-17-21-25-29-33(30-26-22-18-14-10-6-2,31-27-23-19-15-11-7-3)32-28-24-20-16-12-8-4/h5-32H2,1-4H3. The molecule has 0 saturated heterocycles. The summed E-state index contributed by atoms with van der Waals surface area (Å²) in [5, 5.41) is 0. The molecule has 201 valence electrons. The number of hydrogen-bond donors (Lipinski definition) is 0. The maximum Gasteiger partial charge on any atom is -0.0359 e. The minimum absolute atomic E-state index is 0.718. The van der Waals surface area contributed by atoms with Crippen molar-refractivity contribution < 1.29 is 0 Å². The molecule has 0 aliphatic carbocycles. The van der Waals surface area contributed by atoms with Crippen molar-refractivity contribution in [1.29, 1.82) is 0 Å². The second-order valence-electron chi connectivity index (χ2n) is 11.3. The van der Waals surface area contributed by atoms with Gasteiger partial charge in [0.2, 0.25) is 0 Å². The molecule has 0 aliphatic rings. The summed E-state index contributed by atoms with van der Waals surface area (Å²) in [5.74, 6) is 0. The van der Waals surface area contributed by atoms with Crippen molar-refractivity contribution in [2.24, 2.45) is 0 Å². The van der Waals surface area contributed by atoms with E-state index >= 15 is 0 Å². The van der Waals surface area contributed by atoms with E-state index in [2.05, 4.69) is 27.7 Å². The Hall–Kier alpha value is 0.430. The SMILES string of the molecule is CCCCCCCC[P](CCCCCCCC)(CCCCCCCC)CCCCCCCC. The van der Waals surface area contributed by atoms with E-state index in [-0.39, 0.29) is 0 Å². The Morgan fingerprint density at radius 3 is 0.636 bits per heavy atom. The molecule has 0 atom stereocenters. The van der Waals surface area contributed by atoms with Gasteiger partial charge in [0.05, 0.1) is 0 Å². The Labute approximate surface area is 213 Å². The first-order valence-electron chi connectivity index (χ1n) is 16.1. The molecule has 0 aromatic rings. The van der Waals surface area contributed by atoms with Gasteiger partial charge in [0.25, 0.3) is 0 Å². The molecular formula is C32H68P. The quantitative estimate of drug-likeness (QED) is 0.0766. The van der Waals surface area contributed by atoms with Crippen LogP contribution in [0.25, 0.3) is 0 Å². The lowest BCUT2D eigenvalue weighted by Crippen LogP contribution is -2.13. The Morgan fingerprint density at radius 2 is 0.424 bits per heavy atom. The van der Waals surface area contributed by atoms with Crippen LogP contribution in [0.2, 0.25) is 0 Å². The molecule has 0 heterocycles. The van der Waals surface area contributed by atoms with Gasteiger partial charge in [0.1, 0.15) is 0 Å². The van der Waals surface area contributed by atoms with Gasteiger partial charge in [-0.1, -0.05) is 156 Å². The van der Waals surface area contributed by atoms with E-state index in [0.29, 0.717) is 0 Å². The van der Waals surface area contributed by atoms with E-state index in [1.165, 1.54) is 128 Å². The highest BCUT2D eigenvalue weighted by atomic mass is 31.2. The van der Waals surface area contributed by atoms with Crippen LogP contribution in [0.4, 0.5) is 0 Å². The molecule has 0 bridgehead atoms. The van der Waals surface area contributed by atoms with Gasteiger partial charge in [0, 0.05) is 0 Å². The number of hydrogen-bond acceptors (Lipinski definition) is 0. The fourth-order valence-electron chi connectivity index (χ4n) is 5.58. The Bertz CT molecular complexity index is 281. The van der Waals surface area contributed by atoms with Crippen LogP contribution in [0.1, 0.15) is 182 Å². The lowest BCUT2D eigenvalue weighted by Gasteiger charge is -2.38. The molecule has 33 heavy (non-hydrogen) atoms. The summed E-state index contributed by atoms with van der Waals surface area (Å²) in [5.41, 5.74) is 0. The number of unbranched alkanes of at least 4 members (excludes halogenated alkanes) is 20. The lowest BCUT2D eigenvalue weighted by atomic mass is 10.1. The fourth-order valence-corrected chi connectivity index (χ4v) is 10.5. The highest BCUT2D eigenvalue weighted by molar-refractivity contribution is 7.75. The van der Waals surface area contributed by atoms with Crippen molar-refractivity contribution in [3.05, 3.63) is 0 Å². The van der Waals surface area contributed by atoms with Gasteiger partial charge in [-0.05, 0) is 50.3 Å². The fraction of sp³-hybridized carbons (Fsp3) is 1.00. The van der Waals surface area contributed by atoms with E-state index in [0.717, 1.165) is 0 Å². The third-order valence-corrected chi connectivity index (χ3v) is 13.0. The average molecular weight is 484 g/mol. The second kappa shape index (κ2) is 27.0. The van der Waals surface area contributed by atoms with Crippen LogP contribution in [-0.2, 0) is 0 Å². The van der Waals surface area contributed by atoms with E-state index in [9.17, 15) is 0 Å². The maximum atomic E-state index is 2.35. The molecule has 0 amide bonds. The van der Waals surface area contributed by atoms with Crippen molar-refractivity contribution in [2.75, 3.05) is 24.6 Å². The van der Waals surface area contributed by atoms with Crippen LogP contribution >= 0.6 is 7.26 Å². The topological polar surface area (TPSA) is 0 Å². The summed E-state index contributed by atoms with van der Waals surface area (Å²) in [6, 6.07) is 0. The molecule has 0 nitrogen and oxygen atoms in total. The molecule has 0 saturated carbocycles. The zero-order valence-electron chi connectivity index (χ0n) is 24.2. The van der Waals surface area contributed by atoms with Crippen LogP contribution in [-0.4, -0.2) is 24.6 Å². The Balaban J connectivity index is 4.74. The molecule has 0 aromatic heterocycles. The Morgan fingerprint density at radius 1 is 0.242 bits per heavy atom. The molecule has 0 unspecified atom stereocenters. The zero-order valence-corrected chi connectivity index (χ0v) is 25.1. The Kier molecular flexibility index (Phi) is 27.4. The third-order valence-electron chi connectivity index (χ3n) is 7.94. The zero-order chi connectivity index (χ0) is 24.3. The first-order chi connectivity index (χ1) is 16.2. The van der Waals surface area contributed by atoms with Gasteiger partial charge < -0.3 is 0 Å². The second-order valence-corrected chi connectivity index (χ2v) is 15.8. The molecule has 0 rings (SSSR count). The molecule has 1 heteroatoms. The lowest BCUT2D eigenvalue weighted by molar-refractivity contribution is 0.610. The first kappa shape index (κ1) is 33.4. The summed E-state index contributed by atoms with van der Waals surface area (Å²) in [4.78, 5) is 0. The van der Waals surface area contributed by atoms with Crippen LogP contribution in [0, 0.1) is 0 Å². The molecular weight excluding hydrogens is 415 g/mol. The van der Waals surface area contributed by atoms with E-state index in [1.807, 2.05) is 0 Å². The van der Waals surface area contributed by atoms with Gasteiger partial charge in [0.15, 0.2) is 0 Å². The first-order valence-corrected chi connectivity index (χ1v) is 18.6. The highest BCUT2D eigenvalue weighted by Gasteiger charge is 2.25. The molecule has 0 spiro atoms. The van der Waals surface area contributed by atoms with Crippen LogP contribution in [0.3, 0.4) is 0 Å². The largest absolute Gasteiger partial charge is 0.125 e. The van der Waals surface area contributed by atoms with Gasteiger partial charge in [-0.2, -0.15) is 0 Å². The van der Waals surface area contributed by atoms with E-state index in [4.69, 9.17) is 0 Å². The van der Waals surface area contributed by atoms with Gasteiger partial charge in [-0.3, -0.25) is 0 Å². The average Bonchev–Trinajstić information content (AvgIpc) is 2.83. The molecule has 1 radical (unpaired) electrons. The predicted molar refractivity (Wildman–Crippen MR) is 160 cm³/mol. The van der Waals surface area contributed by atoms with Crippen LogP contribution in [0.15, 0.2) is 0 Å². The number of rotatable bonds is 28. The van der Waals surface area contributed by atoms with Gasteiger partial charge >= 0.3 is 0 Å². The normalized spacial score (nSPS) is 12.0. The van der Waals surface area contributed by atoms with Gasteiger partial charge in [-0.25, -0.2) is 0 Å². The van der Waals surface area contributed by atoms with E-state index in [1.54, 1.807) is 50.3 Å². The van der Waals surface area contributed by atoms with E-state index < -0.39 is 7.26 Å². The van der Waals surface area contributed by atoms with Crippen LogP contribution in [0.5, 0.6) is 0 Å². The monoisotopic (exact) mass is 484 g/mol. The summed E-state index contributed by atoms with van der Waals surface area (Å²) >= 11 is 0. The third kappa shape index (κ3) is 22.6. The minimum atomic E-state index is -0.718. The summed E-state index contributed by atoms with van der Waals surface area (Å²) in [6.45, 7) is 9.38. The maximum absolute atomic E-state index is 2.35. The minimum Gasteiger partial charge on any atom is -0.125 e.